The van der Waals surface area contributed by atoms with E-state index in [0.717, 1.165) is 0 Å². The van der Waals surface area contributed by atoms with Crippen LogP contribution in [0, 0.1) is 22.0 Å². The molecule has 0 radical (unpaired) electrons. The van der Waals surface area contributed by atoms with Gasteiger partial charge >= 0.3 is 5.97 Å². The van der Waals surface area contributed by atoms with E-state index in [-0.39, 0.29) is 12.3 Å². The molecule has 0 aromatic heterocycles. The number of hydrogen-bond donors (Lipinski definition) is 0. The molecule has 0 saturated carbocycles. The standard InChI is InChI=1S/C18H15NO5/c1-2-23-18(20)13-24-17-6-4-3-5-15(17)10-7-14-8-11-16(12-9-14)19(21)22/h3-6,8-9,11-12H,2,13H2,1H3. The lowest BCUT2D eigenvalue weighted by Gasteiger charge is -2.07. The minimum Gasteiger partial charge on any atom is -0.481 e. The fraction of sp³-hybridized carbons (Fsp3) is 0.167. The molecule has 6 heteroatoms. The van der Waals surface area contributed by atoms with Gasteiger partial charge in [-0.3, -0.25) is 10.1 Å². The molecule has 0 atom stereocenters. The predicted octanol–water partition coefficient (Wildman–Crippen LogP) is 2.94. The average Bonchev–Trinajstić information content (AvgIpc) is 2.59. The van der Waals surface area contributed by atoms with Gasteiger partial charge in [-0.1, -0.05) is 24.0 Å². The molecule has 0 aliphatic carbocycles. The zero-order valence-corrected chi connectivity index (χ0v) is 13.0. The van der Waals surface area contributed by atoms with Gasteiger partial charge in [0.15, 0.2) is 6.61 Å². The summed E-state index contributed by atoms with van der Waals surface area (Å²) < 4.78 is 10.2. The molecule has 24 heavy (non-hydrogen) atoms. The number of ether oxygens (including phenoxy) is 2. The van der Waals surface area contributed by atoms with Gasteiger partial charge in [0, 0.05) is 17.7 Å². The highest BCUT2D eigenvalue weighted by atomic mass is 16.6. The second-order valence-corrected chi connectivity index (χ2v) is 4.64. The third kappa shape index (κ3) is 4.85. The average molecular weight is 325 g/mol. The fourth-order valence-corrected chi connectivity index (χ4v) is 1.84. The molecule has 0 heterocycles. The maximum atomic E-state index is 11.4. The van der Waals surface area contributed by atoms with Crippen LogP contribution in [0.4, 0.5) is 5.69 Å². The van der Waals surface area contributed by atoms with Crippen LogP contribution < -0.4 is 4.74 Å². The number of esters is 1. The Morgan fingerprint density at radius 3 is 2.50 bits per heavy atom. The Morgan fingerprint density at radius 1 is 1.12 bits per heavy atom. The summed E-state index contributed by atoms with van der Waals surface area (Å²) in [6.07, 6.45) is 0. The summed E-state index contributed by atoms with van der Waals surface area (Å²) in [5, 5.41) is 10.6. The molecular weight excluding hydrogens is 310 g/mol. The van der Waals surface area contributed by atoms with Crippen molar-refractivity contribution in [2.24, 2.45) is 0 Å². The quantitative estimate of drug-likeness (QED) is 0.365. The monoisotopic (exact) mass is 325 g/mol. The largest absolute Gasteiger partial charge is 0.481 e. The Balaban J connectivity index is 2.13. The van der Waals surface area contributed by atoms with Crippen LogP contribution in [0.25, 0.3) is 0 Å². The minimum absolute atomic E-state index is 0.0127. The number of carbonyl (C=O) groups excluding carboxylic acids is 1. The number of non-ortho nitro benzene ring substituents is 1. The number of rotatable bonds is 5. The number of benzene rings is 2. The molecule has 0 N–H and O–H groups in total. The second-order valence-electron chi connectivity index (χ2n) is 4.64. The topological polar surface area (TPSA) is 78.7 Å². The first kappa shape index (κ1) is 17.0. The van der Waals surface area contributed by atoms with E-state index in [4.69, 9.17) is 9.47 Å². The Kier molecular flexibility index (Phi) is 5.92. The summed E-state index contributed by atoms with van der Waals surface area (Å²) >= 11 is 0. The Bertz CT molecular complexity index is 787. The molecule has 0 aliphatic heterocycles. The normalized spacial score (nSPS) is 9.54. The Morgan fingerprint density at radius 2 is 1.83 bits per heavy atom. The molecule has 2 aromatic carbocycles. The van der Waals surface area contributed by atoms with Gasteiger partial charge in [0.1, 0.15) is 5.75 Å². The summed E-state index contributed by atoms with van der Waals surface area (Å²) in [5.74, 6) is 5.87. The van der Waals surface area contributed by atoms with Crippen LogP contribution >= 0.6 is 0 Å². The Labute approximate surface area is 139 Å². The van der Waals surface area contributed by atoms with Crippen LogP contribution in [0.15, 0.2) is 48.5 Å². The van der Waals surface area contributed by atoms with E-state index in [2.05, 4.69) is 11.8 Å². The van der Waals surface area contributed by atoms with Gasteiger partial charge in [-0.15, -0.1) is 0 Å². The molecule has 0 aliphatic rings. The van der Waals surface area contributed by atoms with Crippen molar-refractivity contribution in [2.75, 3.05) is 13.2 Å². The second kappa shape index (κ2) is 8.34. The van der Waals surface area contributed by atoms with Crippen molar-refractivity contribution in [3.63, 3.8) is 0 Å². The summed E-state index contributed by atoms with van der Waals surface area (Å²) in [4.78, 5) is 21.5. The maximum Gasteiger partial charge on any atom is 0.344 e. The summed E-state index contributed by atoms with van der Waals surface area (Å²) in [7, 11) is 0. The number of hydrogen-bond acceptors (Lipinski definition) is 5. The van der Waals surface area contributed by atoms with Crippen molar-refractivity contribution in [2.45, 2.75) is 6.92 Å². The highest BCUT2D eigenvalue weighted by Gasteiger charge is 2.06. The zero-order valence-electron chi connectivity index (χ0n) is 13.0. The first-order valence-electron chi connectivity index (χ1n) is 7.24. The van der Waals surface area contributed by atoms with Crippen LogP contribution in [0.2, 0.25) is 0 Å². The van der Waals surface area contributed by atoms with Gasteiger partial charge in [0.2, 0.25) is 0 Å². The highest BCUT2D eigenvalue weighted by molar-refractivity contribution is 5.71. The highest BCUT2D eigenvalue weighted by Crippen LogP contribution is 2.17. The smallest absolute Gasteiger partial charge is 0.344 e. The first-order valence-corrected chi connectivity index (χ1v) is 7.24. The lowest BCUT2D eigenvalue weighted by Crippen LogP contribution is -2.14. The number of nitro benzene ring substituents is 1. The molecule has 2 aromatic rings. The van der Waals surface area contributed by atoms with Gasteiger partial charge in [0.25, 0.3) is 5.69 Å². The summed E-state index contributed by atoms with van der Waals surface area (Å²) in [5.41, 5.74) is 1.26. The van der Waals surface area contributed by atoms with Gasteiger partial charge < -0.3 is 9.47 Å². The molecule has 0 bridgehead atoms. The van der Waals surface area contributed by atoms with Gasteiger partial charge in [-0.25, -0.2) is 4.79 Å². The molecule has 6 nitrogen and oxygen atoms in total. The third-order valence-electron chi connectivity index (χ3n) is 2.96. The molecule has 122 valence electrons. The number of para-hydroxylation sites is 1. The van der Waals surface area contributed by atoms with E-state index in [9.17, 15) is 14.9 Å². The first-order chi connectivity index (χ1) is 11.6. The van der Waals surface area contributed by atoms with Crippen molar-refractivity contribution < 1.29 is 19.2 Å². The zero-order chi connectivity index (χ0) is 17.4. The molecule has 0 unspecified atom stereocenters. The van der Waals surface area contributed by atoms with E-state index < -0.39 is 10.9 Å². The van der Waals surface area contributed by atoms with E-state index in [1.807, 2.05) is 0 Å². The van der Waals surface area contributed by atoms with Gasteiger partial charge in [0.05, 0.1) is 17.1 Å². The molecule has 2 rings (SSSR count). The van der Waals surface area contributed by atoms with E-state index >= 15 is 0 Å². The van der Waals surface area contributed by atoms with Crippen LogP contribution in [0.3, 0.4) is 0 Å². The Hall–Kier alpha value is -3.33. The van der Waals surface area contributed by atoms with Crippen LogP contribution in [0.5, 0.6) is 5.75 Å². The fourth-order valence-electron chi connectivity index (χ4n) is 1.84. The van der Waals surface area contributed by atoms with Crippen molar-refractivity contribution >= 4 is 11.7 Å². The van der Waals surface area contributed by atoms with E-state index in [1.165, 1.54) is 12.1 Å². The lowest BCUT2D eigenvalue weighted by molar-refractivity contribution is -0.384. The van der Waals surface area contributed by atoms with Gasteiger partial charge in [-0.2, -0.15) is 0 Å². The van der Waals surface area contributed by atoms with E-state index in [0.29, 0.717) is 23.5 Å². The molecule has 0 saturated heterocycles. The molecular formula is C18H15NO5. The van der Waals surface area contributed by atoms with Crippen LogP contribution in [-0.2, 0) is 9.53 Å². The van der Waals surface area contributed by atoms with Crippen LogP contribution in [-0.4, -0.2) is 24.1 Å². The maximum absolute atomic E-state index is 11.4. The lowest BCUT2D eigenvalue weighted by atomic mass is 10.1. The number of nitro groups is 1. The predicted molar refractivity (Wildman–Crippen MR) is 87.6 cm³/mol. The van der Waals surface area contributed by atoms with Crippen LogP contribution in [0.1, 0.15) is 18.1 Å². The summed E-state index contributed by atoms with van der Waals surface area (Å²) in [6, 6.07) is 13.0. The summed E-state index contributed by atoms with van der Waals surface area (Å²) in [6.45, 7) is 1.83. The molecule has 0 amide bonds. The number of carbonyl (C=O) groups is 1. The molecule has 0 fully saturated rings. The minimum atomic E-state index is -0.463. The van der Waals surface area contributed by atoms with Crippen molar-refractivity contribution in [3.05, 3.63) is 69.8 Å². The SMILES string of the molecule is CCOC(=O)COc1ccccc1C#Cc1ccc([N+](=O)[O-])cc1. The van der Waals surface area contributed by atoms with E-state index in [1.54, 1.807) is 43.3 Å². The van der Waals surface area contributed by atoms with Crippen molar-refractivity contribution in [3.8, 4) is 17.6 Å². The number of nitrogens with zero attached hydrogens (tertiary/aromatic N) is 1. The van der Waals surface area contributed by atoms with Crippen molar-refractivity contribution in [1.82, 2.24) is 0 Å². The van der Waals surface area contributed by atoms with Crippen molar-refractivity contribution in [1.29, 1.82) is 0 Å². The van der Waals surface area contributed by atoms with Gasteiger partial charge in [-0.05, 0) is 31.2 Å². The third-order valence-corrected chi connectivity index (χ3v) is 2.96. The molecule has 0 spiro atoms.